The zero-order valence-electron chi connectivity index (χ0n) is 10.1. The second-order valence-corrected chi connectivity index (χ2v) is 4.49. The summed E-state index contributed by atoms with van der Waals surface area (Å²) in [6.07, 6.45) is -0.947. The Hall–Kier alpha value is -1.59. The van der Waals surface area contributed by atoms with Gasteiger partial charge in [-0.25, -0.2) is 4.79 Å². The first kappa shape index (κ1) is 11.9. The van der Waals surface area contributed by atoms with Gasteiger partial charge in [-0.15, -0.1) is 0 Å². The minimum atomic E-state index is -0.947. The summed E-state index contributed by atoms with van der Waals surface area (Å²) in [4.78, 5) is 18.5. The molecule has 0 aromatic heterocycles. The second kappa shape index (κ2) is 4.01. The van der Waals surface area contributed by atoms with E-state index in [1.807, 2.05) is 18.2 Å². The van der Waals surface area contributed by atoms with Gasteiger partial charge in [0.1, 0.15) is 5.54 Å². The van der Waals surface area contributed by atoms with Gasteiger partial charge in [0.05, 0.1) is 7.11 Å². The third kappa shape index (κ3) is 1.67. The Kier molecular flexibility index (Phi) is 2.81. The minimum absolute atomic E-state index is 0.365. The van der Waals surface area contributed by atoms with Crippen molar-refractivity contribution in [2.24, 2.45) is 0 Å². The lowest BCUT2D eigenvalue weighted by molar-refractivity contribution is -0.151. The molecule has 2 rings (SSSR count). The number of aliphatic hydroxyl groups excluding tert-OH is 1. The van der Waals surface area contributed by atoms with Gasteiger partial charge < -0.3 is 5.11 Å². The highest BCUT2D eigenvalue weighted by atomic mass is 16.7. The monoisotopic (exact) mass is 236 g/mol. The predicted molar refractivity (Wildman–Crippen MR) is 63.3 cm³/mol. The van der Waals surface area contributed by atoms with Crippen molar-refractivity contribution in [3.05, 3.63) is 30.3 Å². The van der Waals surface area contributed by atoms with Crippen LogP contribution in [-0.4, -0.2) is 35.1 Å². The number of hydroxylamine groups is 2. The fourth-order valence-corrected chi connectivity index (χ4v) is 2.02. The summed E-state index contributed by atoms with van der Waals surface area (Å²) < 4.78 is 0. The zero-order chi connectivity index (χ0) is 12.6. The molecule has 1 heterocycles. The van der Waals surface area contributed by atoms with Crippen molar-refractivity contribution < 1.29 is 14.7 Å². The smallest absolute Gasteiger partial charge is 0.351 e. The maximum atomic E-state index is 12.1. The second-order valence-electron chi connectivity index (χ2n) is 4.49. The molecule has 1 unspecified atom stereocenters. The fourth-order valence-electron chi connectivity index (χ4n) is 2.02. The Morgan fingerprint density at radius 1 is 1.29 bits per heavy atom. The number of hydrogen-bond donors (Lipinski definition) is 1. The molecular weight excluding hydrogens is 220 g/mol. The van der Waals surface area contributed by atoms with Crippen molar-refractivity contribution in [3.8, 4) is 0 Å². The molecule has 1 atom stereocenters. The predicted octanol–water partition coefficient (Wildman–Crippen LogP) is 1.59. The number of hydrogen-bond acceptors (Lipinski definition) is 3. The standard InChI is InChI=1S/C12H16N2O3/c1-12(2)10(15)13(11(16)14(12)17-3)9-7-5-4-6-8-9/h4-8,10,15H,1-3H3. The molecule has 0 saturated carbocycles. The number of rotatable bonds is 2. The molecular formula is C12H16N2O3. The van der Waals surface area contributed by atoms with Crippen LogP contribution in [0.25, 0.3) is 0 Å². The number of benzene rings is 1. The molecule has 0 radical (unpaired) electrons. The summed E-state index contributed by atoms with van der Waals surface area (Å²) in [5.74, 6) is 0. The van der Waals surface area contributed by atoms with Gasteiger partial charge in [-0.1, -0.05) is 18.2 Å². The van der Waals surface area contributed by atoms with Crippen LogP contribution in [0.3, 0.4) is 0 Å². The molecule has 0 spiro atoms. The number of nitrogens with zero attached hydrogens (tertiary/aromatic N) is 2. The Balaban J connectivity index is 2.41. The molecule has 17 heavy (non-hydrogen) atoms. The van der Waals surface area contributed by atoms with Gasteiger partial charge in [-0.2, -0.15) is 5.06 Å². The van der Waals surface area contributed by atoms with Crippen LogP contribution in [-0.2, 0) is 4.84 Å². The number of aliphatic hydroxyl groups is 1. The molecule has 2 amide bonds. The molecule has 1 N–H and O–H groups in total. The van der Waals surface area contributed by atoms with Crippen molar-refractivity contribution in [2.75, 3.05) is 12.0 Å². The van der Waals surface area contributed by atoms with Gasteiger partial charge in [-0.05, 0) is 26.0 Å². The van der Waals surface area contributed by atoms with E-state index in [1.165, 1.54) is 17.1 Å². The highest BCUT2D eigenvalue weighted by molar-refractivity contribution is 5.95. The van der Waals surface area contributed by atoms with Crippen LogP contribution in [0.4, 0.5) is 10.5 Å². The van der Waals surface area contributed by atoms with E-state index in [2.05, 4.69) is 0 Å². The number of urea groups is 1. The Morgan fingerprint density at radius 3 is 2.35 bits per heavy atom. The fraction of sp³-hybridized carbons (Fsp3) is 0.417. The molecule has 0 aliphatic carbocycles. The average Bonchev–Trinajstić information content (AvgIpc) is 2.47. The van der Waals surface area contributed by atoms with E-state index in [9.17, 15) is 9.90 Å². The molecule has 1 fully saturated rings. The Morgan fingerprint density at radius 2 is 1.88 bits per heavy atom. The maximum absolute atomic E-state index is 12.1. The highest BCUT2D eigenvalue weighted by Gasteiger charge is 2.52. The molecule has 5 heteroatoms. The van der Waals surface area contributed by atoms with Gasteiger partial charge in [0.2, 0.25) is 0 Å². The summed E-state index contributed by atoms with van der Waals surface area (Å²) in [5, 5.41) is 11.4. The summed E-state index contributed by atoms with van der Waals surface area (Å²) in [6.45, 7) is 3.50. The zero-order valence-corrected chi connectivity index (χ0v) is 10.1. The molecule has 1 saturated heterocycles. The lowest BCUT2D eigenvalue weighted by atomic mass is 10.0. The number of carbonyl (C=O) groups is 1. The molecule has 0 bridgehead atoms. The Labute approximate surface area is 100 Å². The summed E-state index contributed by atoms with van der Waals surface area (Å²) >= 11 is 0. The largest absolute Gasteiger partial charge is 0.371 e. The Bertz CT molecular complexity index is 419. The van der Waals surface area contributed by atoms with Crippen molar-refractivity contribution in [1.29, 1.82) is 0 Å². The van der Waals surface area contributed by atoms with E-state index in [0.717, 1.165) is 0 Å². The molecule has 92 valence electrons. The van der Waals surface area contributed by atoms with Crippen LogP contribution in [0.5, 0.6) is 0 Å². The molecule has 1 aromatic rings. The summed E-state index contributed by atoms with van der Waals surface area (Å²) in [7, 11) is 1.42. The number of anilines is 1. The van der Waals surface area contributed by atoms with Crippen molar-refractivity contribution >= 4 is 11.7 Å². The van der Waals surface area contributed by atoms with E-state index in [-0.39, 0.29) is 6.03 Å². The summed E-state index contributed by atoms with van der Waals surface area (Å²) in [5.41, 5.74) is -0.139. The maximum Gasteiger partial charge on any atom is 0.351 e. The van der Waals surface area contributed by atoms with E-state index >= 15 is 0 Å². The van der Waals surface area contributed by atoms with Crippen LogP contribution >= 0.6 is 0 Å². The molecule has 1 aliphatic rings. The number of para-hydroxylation sites is 1. The minimum Gasteiger partial charge on any atom is -0.371 e. The highest BCUT2D eigenvalue weighted by Crippen LogP contribution is 2.34. The van der Waals surface area contributed by atoms with Gasteiger partial charge in [0.15, 0.2) is 6.23 Å². The lowest BCUT2D eigenvalue weighted by Gasteiger charge is -2.29. The number of carbonyl (C=O) groups excluding carboxylic acids is 1. The third-order valence-corrected chi connectivity index (χ3v) is 3.00. The summed E-state index contributed by atoms with van der Waals surface area (Å²) in [6, 6.07) is 8.68. The van der Waals surface area contributed by atoms with Gasteiger partial charge >= 0.3 is 6.03 Å². The van der Waals surface area contributed by atoms with Crippen LogP contribution in [0.2, 0.25) is 0 Å². The first-order chi connectivity index (χ1) is 8.00. The van der Waals surface area contributed by atoms with Crippen LogP contribution in [0, 0.1) is 0 Å². The van der Waals surface area contributed by atoms with Crippen molar-refractivity contribution in [1.82, 2.24) is 5.06 Å². The average molecular weight is 236 g/mol. The van der Waals surface area contributed by atoms with E-state index in [1.54, 1.807) is 26.0 Å². The number of amides is 2. The van der Waals surface area contributed by atoms with Crippen LogP contribution in [0.1, 0.15) is 13.8 Å². The molecule has 1 aromatic carbocycles. The first-order valence-corrected chi connectivity index (χ1v) is 5.41. The van der Waals surface area contributed by atoms with E-state index < -0.39 is 11.8 Å². The van der Waals surface area contributed by atoms with E-state index in [4.69, 9.17) is 4.84 Å². The quantitative estimate of drug-likeness (QED) is 0.848. The SMILES string of the molecule is CON1C(=O)N(c2ccccc2)C(O)C1(C)C. The molecule has 5 nitrogen and oxygen atoms in total. The molecule has 1 aliphatic heterocycles. The normalized spacial score (nSPS) is 23.3. The van der Waals surface area contributed by atoms with Crippen LogP contribution in [0.15, 0.2) is 30.3 Å². The van der Waals surface area contributed by atoms with Gasteiger partial charge in [0, 0.05) is 5.69 Å². The van der Waals surface area contributed by atoms with Gasteiger partial charge in [-0.3, -0.25) is 9.74 Å². The van der Waals surface area contributed by atoms with Crippen molar-refractivity contribution in [3.63, 3.8) is 0 Å². The van der Waals surface area contributed by atoms with E-state index in [0.29, 0.717) is 5.69 Å². The van der Waals surface area contributed by atoms with Crippen molar-refractivity contribution in [2.45, 2.75) is 25.6 Å². The topological polar surface area (TPSA) is 53.0 Å². The van der Waals surface area contributed by atoms with Crippen LogP contribution < -0.4 is 4.90 Å². The third-order valence-electron chi connectivity index (χ3n) is 3.00. The first-order valence-electron chi connectivity index (χ1n) is 5.41. The lowest BCUT2D eigenvalue weighted by Crippen LogP contribution is -2.46. The van der Waals surface area contributed by atoms with Gasteiger partial charge in [0.25, 0.3) is 0 Å².